The van der Waals surface area contributed by atoms with Crippen LogP contribution in [0.5, 0.6) is 0 Å². The third-order valence-electron chi connectivity index (χ3n) is 7.07. The van der Waals surface area contributed by atoms with Crippen LogP contribution < -0.4 is 0 Å². The Balaban J connectivity index is 3.43. The zero-order valence-electron chi connectivity index (χ0n) is 24.1. The molecule has 0 aromatic carbocycles. The summed E-state index contributed by atoms with van der Waals surface area (Å²) in [5.41, 5.74) is 0. The molecule has 2 atom stereocenters. The SMILES string of the molecule is CCCCCCCCCCCCCCOC(=O)C=CCCCCCC(Br)C(Br)CCCCCCCC. The van der Waals surface area contributed by atoms with Gasteiger partial charge in [-0.05, 0) is 32.1 Å². The number of allylic oxidation sites excluding steroid dienone is 1. The van der Waals surface area contributed by atoms with Crippen molar-refractivity contribution in [2.75, 3.05) is 6.61 Å². The summed E-state index contributed by atoms with van der Waals surface area (Å²) < 4.78 is 5.34. The molecule has 0 rings (SSSR count). The average molecular weight is 637 g/mol. The van der Waals surface area contributed by atoms with Crippen molar-refractivity contribution in [3.63, 3.8) is 0 Å². The third kappa shape index (κ3) is 27.2. The normalized spacial score (nSPS) is 13.3. The van der Waals surface area contributed by atoms with Crippen LogP contribution >= 0.6 is 31.9 Å². The van der Waals surface area contributed by atoms with Crippen LogP contribution in [0.4, 0.5) is 0 Å². The first-order valence-corrected chi connectivity index (χ1v) is 17.6. The lowest BCUT2D eigenvalue weighted by Gasteiger charge is -2.16. The largest absolute Gasteiger partial charge is 0.463 e. The van der Waals surface area contributed by atoms with Crippen molar-refractivity contribution in [2.24, 2.45) is 0 Å². The number of halogens is 2. The van der Waals surface area contributed by atoms with Gasteiger partial charge in [-0.2, -0.15) is 0 Å². The number of hydrogen-bond donors (Lipinski definition) is 0. The topological polar surface area (TPSA) is 26.3 Å². The minimum atomic E-state index is -0.171. The average Bonchev–Trinajstić information content (AvgIpc) is 2.88. The maximum absolute atomic E-state index is 11.8. The van der Waals surface area contributed by atoms with Crippen molar-refractivity contribution in [2.45, 2.75) is 178 Å². The molecule has 2 unspecified atom stereocenters. The van der Waals surface area contributed by atoms with Crippen LogP contribution in [0.25, 0.3) is 0 Å². The van der Waals surface area contributed by atoms with E-state index in [2.05, 4.69) is 45.7 Å². The van der Waals surface area contributed by atoms with E-state index in [9.17, 15) is 4.79 Å². The third-order valence-corrected chi connectivity index (χ3v) is 9.97. The highest BCUT2D eigenvalue weighted by molar-refractivity contribution is 9.12. The van der Waals surface area contributed by atoms with Gasteiger partial charge in [0.05, 0.1) is 6.61 Å². The molecule has 214 valence electrons. The molecule has 0 radical (unpaired) electrons. The summed E-state index contributed by atoms with van der Waals surface area (Å²) in [5.74, 6) is -0.171. The van der Waals surface area contributed by atoms with Crippen molar-refractivity contribution in [3.8, 4) is 0 Å². The Morgan fingerprint density at radius 3 is 1.44 bits per heavy atom. The molecule has 0 fully saturated rings. The number of hydrogen-bond acceptors (Lipinski definition) is 2. The van der Waals surface area contributed by atoms with Crippen molar-refractivity contribution in [1.29, 1.82) is 0 Å². The zero-order chi connectivity index (χ0) is 26.5. The fraction of sp³-hybridized carbons (Fsp3) is 0.906. The fourth-order valence-electron chi connectivity index (χ4n) is 4.60. The minimum absolute atomic E-state index is 0.171. The Kier molecular flexibility index (Phi) is 29.9. The second-order valence-corrected chi connectivity index (χ2v) is 13.0. The molecule has 0 aliphatic rings. The van der Waals surface area contributed by atoms with Crippen LogP contribution in [0.15, 0.2) is 12.2 Å². The van der Waals surface area contributed by atoms with Gasteiger partial charge in [0.25, 0.3) is 0 Å². The molecule has 0 aromatic heterocycles. The molecular formula is C32H60Br2O2. The highest BCUT2D eigenvalue weighted by Gasteiger charge is 2.14. The van der Waals surface area contributed by atoms with Gasteiger partial charge >= 0.3 is 5.97 Å². The zero-order valence-corrected chi connectivity index (χ0v) is 27.2. The molecule has 0 saturated carbocycles. The molecule has 4 heteroatoms. The first-order valence-electron chi connectivity index (χ1n) is 15.7. The summed E-state index contributed by atoms with van der Waals surface area (Å²) in [6, 6.07) is 0. The van der Waals surface area contributed by atoms with Gasteiger partial charge < -0.3 is 4.74 Å². The van der Waals surface area contributed by atoms with Gasteiger partial charge in [-0.1, -0.05) is 174 Å². The molecule has 0 heterocycles. The Hall–Kier alpha value is 0.170. The van der Waals surface area contributed by atoms with E-state index in [0.29, 0.717) is 16.3 Å². The van der Waals surface area contributed by atoms with Crippen LogP contribution in [0.1, 0.15) is 168 Å². The van der Waals surface area contributed by atoms with Crippen molar-refractivity contribution >= 4 is 37.8 Å². The van der Waals surface area contributed by atoms with Gasteiger partial charge in [0.15, 0.2) is 0 Å². The number of ether oxygens (including phenoxy) is 1. The van der Waals surface area contributed by atoms with E-state index in [0.717, 1.165) is 19.3 Å². The Labute approximate surface area is 242 Å². The molecule has 0 N–H and O–H groups in total. The van der Waals surface area contributed by atoms with Gasteiger partial charge in [0.2, 0.25) is 0 Å². The Morgan fingerprint density at radius 2 is 0.972 bits per heavy atom. The lowest BCUT2D eigenvalue weighted by molar-refractivity contribution is -0.137. The van der Waals surface area contributed by atoms with E-state index >= 15 is 0 Å². The van der Waals surface area contributed by atoms with Gasteiger partial charge in [0, 0.05) is 15.7 Å². The summed E-state index contributed by atoms with van der Waals surface area (Å²) in [4.78, 5) is 13.0. The number of carbonyl (C=O) groups excluding carboxylic acids is 1. The molecule has 0 saturated heterocycles. The molecule has 36 heavy (non-hydrogen) atoms. The standard InChI is InChI=1S/C32H60Br2O2/c1-3-5-7-9-11-12-13-14-15-16-21-25-29-36-32(35)28-24-20-17-19-23-27-31(34)30(33)26-22-18-10-8-6-4-2/h24,28,30-31H,3-23,25-27,29H2,1-2H3. The van der Waals surface area contributed by atoms with E-state index in [1.54, 1.807) is 6.08 Å². The highest BCUT2D eigenvalue weighted by Crippen LogP contribution is 2.25. The first-order chi connectivity index (χ1) is 17.6. The maximum Gasteiger partial charge on any atom is 0.330 e. The molecule has 0 aliphatic carbocycles. The van der Waals surface area contributed by atoms with E-state index < -0.39 is 0 Å². The minimum Gasteiger partial charge on any atom is -0.463 e. The summed E-state index contributed by atoms with van der Waals surface area (Å²) in [7, 11) is 0. The quantitative estimate of drug-likeness (QED) is 0.0370. The van der Waals surface area contributed by atoms with Crippen LogP contribution in [-0.2, 0) is 9.53 Å². The van der Waals surface area contributed by atoms with E-state index in [1.807, 2.05) is 6.08 Å². The van der Waals surface area contributed by atoms with Crippen LogP contribution in [0.2, 0.25) is 0 Å². The molecule has 0 bridgehead atoms. The smallest absolute Gasteiger partial charge is 0.330 e. The Bertz CT molecular complexity index is 481. The van der Waals surface area contributed by atoms with Gasteiger partial charge in [-0.3, -0.25) is 0 Å². The van der Waals surface area contributed by atoms with Crippen LogP contribution in [-0.4, -0.2) is 22.2 Å². The van der Waals surface area contributed by atoms with Crippen LogP contribution in [0.3, 0.4) is 0 Å². The van der Waals surface area contributed by atoms with Gasteiger partial charge in [-0.15, -0.1) is 0 Å². The summed E-state index contributed by atoms with van der Waals surface area (Å²) >= 11 is 7.76. The number of unbranched alkanes of at least 4 members (excludes halogenated alkanes) is 19. The lowest BCUT2D eigenvalue weighted by Crippen LogP contribution is -2.13. The number of alkyl halides is 2. The highest BCUT2D eigenvalue weighted by atomic mass is 79.9. The van der Waals surface area contributed by atoms with Gasteiger partial charge in [0.1, 0.15) is 0 Å². The molecular weight excluding hydrogens is 576 g/mol. The van der Waals surface area contributed by atoms with Crippen molar-refractivity contribution < 1.29 is 9.53 Å². The van der Waals surface area contributed by atoms with Crippen LogP contribution in [0, 0.1) is 0 Å². The second kappa shape index (κ2) is 29.7. The number of esters is 1. The number of rotatable bonds is 28. The van der Waals surface area contributed by atoms with E-state index in [4.69, 9.17) is 4.74 Å². The fourth-order valence-corrected chi connectivity index (χ4v) is 5.78. The monoisotopic (exact) mass is 634 g/mol. The molecule has 2 nitrogen and oxygen atoms in total. The van der Waals surface area contributed by atoms with Crippen molar-refractivity contribution in [1.82, 2.24) is 0 Å². The molecule has 0 aliphatic heterocycles. The second-order valence-electron chi connectivity index (χ2n) is 10.7. The maximum atomic E-state index is 11.8. The van der Waals surface area contributed by atoms with Crippen molar-refractivity contribution in [3.05, 3.63) is 12.2 Å². The summed E-state index contributed by atoms with van der Waals surface area (Å²) in [6.07, 6.45) is 34.8. The number of carbonyl (C=O) groups is 1. The predicted octanol–water partition coefficient (Wildman–Crippen LogP) is 12.0. The summed E-state index contributed by atoms with van der Waals surface area (Å²) in [5, 5.41) is 0. The van der Waals surface area contributed by atoms with Gasteiger partial charge in [-0.25, -0.2) is 4.79 Å². The first kappa shape index (κ1) is 36.2. The van der Waals surface area contributed by atoms with E-state index in [-0.39, 0.29) is 5.97 Å². The molecule has 0 spiro atoms. The van der Waals surface area contributed by atoms with E-state index in [1.165, 1.54) is 135 Å². The molecule has 0 aromatic rings. The predicted molar refractivity (Wildman–Crippen MR) is 168 cm³/mol. The Morgan fingerprint density at radius 1 is 0.583 bits per heavy atom. The summed E-state index contributed by atoms with van der Waals surface area (Å²) in [6.45, 7) is 5.12. The molecule has 0 amide bonds. The lowest BCUT2D eigenvalue weighted by atomic mass is 10.0.